The summed E-state index contributed by atoms with van der Waals surface area (Å²) in [6, 6.07) is 11.8. The zero-order valence-electron chi connectivity index (χ0n) is 16.9. The van der Waals surface area contributed by atoms with Gasteiger partial charge in [-0.05, 0) is 48.7 Å². The summed E-state index contributed by atoms with van der Waals surface area (Å²) in [5, 5.41) is 3.13. The second-order valence-corrected chi connectivity index (χ2v) is 9.41. The summed E-state index contributed by atoms with van der Waals surface area (Å²) in [7, 11) is -0.687. The lowest BCUT2D eigenvalue weighted by Crippen LogP contribution is -2.45. The number of hydrogen-bond donors (Lipinski definition) is 1. The van der Waals surface area contributed by atoms with E-state index >= 15 is 0 Å². The molecule has 0 radical (unpaired) electrons. The first kappa shape index (κ1) is 22.4. The molecule has 1 fully saturated rings. The van der Waals surface area contributed by atoms with Crippen LogP contribution in [0.2, 0.25) is 5.02 Å². The van der Waals surface area contributed by atoms with Gasteiger partial charge in [-0.3, -0.25) is 4.79 Å². The van der Waals surface area contributed by atoms with Crippen LogP contribution in [0.15, 0.2) is 47.4 Å². The number of sulfonamides is 1. The van der Waals surface area contributed by atoms with Crippen LogP contribution in [0.5, 0.6) is 11.5 Å². The molecule has 0 saturated carbocycles. The van der Waals surface area contributed by atoms with Crippen LogP contribution in [0, 0.1) is 5.92 Å². The standard InChI is InChI=1S/C21H25ClN2O5S/c1-28-17-7-5-15(6-8-17)13-23-21(25)16-4-3-11-24(14-16)30(26,27)18-9-10-20(29-2)19(22)12-18/h5-10,12,16H,3-4,11,13-14H2,1-2H3,(H,23,25)/t16-/m0/s1. The van der Waals surface area contributed by atoms with Crippen molar-refractivity contribution in [3.8, 4) is 11.5 Å². The van der Waals surface area contributed by atoms with Gasteiger partial charge in [0.1, 0.15) is 11.5 Å². The molecule has 0 bridgehead atoms. The molecule has 1 heterocycles. The van der Waals surface area contributed by atoms with Gasteiger partial charge < -0.3 is 14.8 Å². The highest BCUT2D eigenvalue weighted by molar-refractivity contribution is 7.89. The van der Waals surface area contributed by atoms with E-state index < -0.39 is 15.9 Å². The van der Waals surface area contributed by atoms with Gasteiger partial charge in [0.2, 0.25) is 15.9 Å². The van der Waals surface area contributed by atoms with Gasteiger partial charge in [-0.25, -0.2) is 8.42 Å². The lowest BCUT2D eigenvalue weighted by molar-refractivity contribution is -0.126. The molecule has 7 nitrogen and oxygen atoms in total. The van der Waals surface area contributed by atoms with Gasteiger partial charge >= 0.3 is 0 Å². The lowest BCUT2D eigenvalue weighted by atomic mass is 9.99. The molecule has 0 aromatic heterocycles. The van der Waals surface area contributed by atoms with E-state index in [0.717, 1.165) is 11.3 Å². The highest BCUT2D eigenvalue weighted by Gasteiger charge is 2.33. The largest absolute Gasteiger partial charge is 0.497 e. The number of halogens is 1. The highest BCUT2D eigenvalue weighted by Crippen LogP contribution is 2.30. The van der Waals surface area contributed by atoms with Crippen molar-refractivity contribution in [3.05, 3.63) is 53.1 Å². The third-order valence-corrected chi connectivity index (χ3v) is 7.30. The van der Waals surface area contributed by atoms with Crippen LogP contribution in [0.1, 0.15) is 18.4 Å². The van der Waals surface area contributed by atoms with Crippen molar-refractivity contribution in [2.75, 3.05) is 27.3 Å². The van der Waals surface area contributed by atoms with Gasteiger partial charge in [0, 0.05) is 19.6 Å². The van der Waals surface area contributed by atoms with Crippen LogP contribution in [0.3, 0.4) is 0 Å². The number of nitrogens with one attached hydrogen (secondary N) is 1. The molecule has 0 aliphatic carbocycles. The quantitative estimate of drug-likeness (QED) is 0.697. The number of piperidine rings is 1. The number of benzene rings is 2. The van der Waals surface area contributed by atoms with Gasteiger partial charge in [-0.15, -0.1) is 0 Å². The SMILES string of the molecule is COc1ccc(CNC(=O)[C@H]2CCCN(S(=O)(=O)c3ccc(OC)c(Cl)c3)C2)cc1. The minimum Gasteiger partial charge on any atom is -0.497 e. The molecule has 2 aromatic carbocycles. The van der Waals surface area contributed by atoms with Gasteiger partial charge in [-0.2, -0.15) is 4.31 Å². The second kappa shape index (κ2) is 9.68. The fourth-order valence-electron chi connectivity index (χ4n) is 3.41. The predicted octanol–water partition coefficient (Wildman–Crippen LogP) is 3.07. The van der Waals surface area contributed by atoms with Crippen LogP contribution in [0.4, 0.5) is 0 Å². The maximum atomic E-state index is 13.0. The van der Waals surface area contributed by atoms with Gasteiger partial charge in [0.05, 0.1) is 30.1 Å². The third kappa shape index (κ3) is 5.06. The van der Waals surface area contributed by atoms with Crippen LogP contribution in [0.25, 0.3) is 0 Å². The molecule has 0 spiro atoms. The fraction of sp³-hybridized carbons (Fsp3) is 0.381. The fourth-order valence-corrected chi connectivity index (χ4v) is 5.28. The van der Waals surface area contributed by atoms with E-state index in [1.54, 1.807) is 7.11 Å². The average Bonchev–Trinajstić information content (AvgIpc) is 2.77. The zero-order valence-corrected chi connectivity index (χ0v) is 18.5. The number of ether oxygens (including phenoxy) is 2. The van der Waals surface area contributed by atoms with E-state index in [0.29, 0.717) is 31.7 Å². The molecule has 0 unspecified atom stereocenters. The molecule has 162 valence electrons. The summed E-state index contributed by atoms with van der Waals surface area (Å²) in [5.74, 6) is 0.598. The van der Waals surface area contributed by atoms with Crippen molar-refractivity contribution in [1.82, 2.24) is 9.62 Å². The first-order valence-corrected chi connectivity index (χ1v) is 11.4. The zero-order chi connectivity index (χ0) is 21.7. The van der Waals surface area contributed by atoms with Crippen molar-refractivity contribution in [2.45, 2.75) is 24.3 Å². The third-order valence-electron chi connectivity index (χ3n) is 5.14. The summed E-state index contributed by atoms with van der Waals surface area (Å²) in [5.41, 5.74) is 0.942. The molecule has 2 aromatic rings. The average molecular weight is 453 g/mol. The Balaban J connectivity index is 1.64. The van der Waals surface area contributed by atoms with E-state index in [-0.39, 0.29) is 22.4 Å². The number of nitrogens with zero attached hydrogens (tertiary/aromatic N) is 1. The maximum Gasteiger partial charge on any atom is 0.243 e. The molecule has 9 heteroatoms. The van der Waals surface area contributed by atoms with Crippen molar-refractivity contribution in [1.29, 1.82) is 0 Å². The summed E-state index contributed by atoms with van der Waals surface area (Å²) in [6.07, 6.45) is 1.26. The van der Waals surface area contributed by atoms with E-state index in [9.17, 15) is 13.2 Å². The van der Waals surface area contributed by atoms with E-state index in [1.165, 1.54) is 29.6 Å². The molecular formula is C21H25ClN2O5S. The Morgan fingerprint density at radius 1 is 1.17 bits per heavy atom. The topological polar surface area (TPSA) is 84.9 Å². The smallest absolute Gasteiger partial charge is 0.243 e. The first-order chi connectivity index (χ1) is 14.3. The Bertz CT molecular complexity index is 995. The van der Waals surface area contributed by atoms with Gasteiger partial charge in [-0.1, -0.05) is 23.7 Å². The Hall–Kier alpha value is -2.29. The van der Waals surface area contributed by atoms with Gasteiger partial charge in [0.25, 0.3) is 0 Å². The molecule has 1 atom stereocenters. The number of carbonyl (C=O) groups excluding carboxylic acids is 1. The van der Waals surface area contributed by atoms with Crippen molar-refractivity contribution < 1.29 is 22.7 Å². The molecule has 1 amide bonds. The molecular weight excluding hydrogens is 428 g/mol. The van der Waals surface area contributed by atoms with E-state index in [1.807, 2.05) is 24.3 Å². The van der Waals surface area contributed by atoms with E-state index in [2.05, 4.69) is 5.32 Å². The highest BCUT2D eigenvalue weighted by atomic mass is 35.5. The Kier molecular flexibility index (Phi) is 7.23. The molecule has 1 saturated heterocycles. The molecule has 30 heavy (non-hydrogen) atoms. The van der Waals surface area contributed by atoms with Crippen LogP contribution in [-0.2, 0) is 21.4 Å². The minimum atomic E-state index is -3.75. The monoisotopic (exact) mass is 452 g/mol. The number of carbonyl (C=O) groups is 1. The number of methoxy groups -OCH3 is 2. The van der Waals surface area contributed by atoms with Crippen molar-refractivity contribution in [2.24, 2.45) is 5.92 Å². The number of rotatable bonds is 7. The molecule has 1 aliphatic rings. The Morgan fingerprint density at radius 3 is 2.53 bits per heavy atom. The Morgan fingerprint density at radius 2 is 1.90 bits per heavy atom. The first-order valence-electron chi connectivity index (χ1n) is 9.59. The minimum absolute atomic E-state index is 0.0904. The summed E-state index contributed by atoms with van der Waals surface area (Å²) >= 11 is 6.09. The number of amides is 1. The van der Waals surface area contributed by atoms with Crippen molar-refractivity contribution >= 4 is 27.5 Å². The van der Waals surface area contributed by atoms with Crippen LogP contribution in [-0.4, -0.2) is 45.9 Å². The Labute approximate surface area is 182 Å². The van der Waals surface area contributed by atoms with Crippen molar-refractivity contribution in [3.63, 3.8) is 0 Å². The molecule has 1 aliphatic heterocycles. The second-order valence-electron chi connectivity index (χ2n) is 7.06. The summed E-state index contributed by atoms with van der Waals surface area (Å²) in [4.78, 5) is 12.7. The maximum absolute atomic E-state index is 13.0. The van der Waals surface area contributed by atoms with Crippen LogP contribution < -0.4 is 14.8 Å². The van der Waals surface area contributed by atoms with E-state index in [4.69, 9.17) is 21.1 Å². The normalized spacial score (nSPS) is 17.4. The summed E-state index contributed by atoms with van der Waals surface area (Å²) in [6.45, 7) is 0.884. The van der Waals surface area contributed by atoms with Crippen LogP contribution >= 0.6 is 11.6 Å². The molecule has 1 N–H and O–H groups in total. The predicted molar refractivity (Wildman–Crippen MR) is 114 cm³/mol. The lowest BCUT2D eigenvalue weighted by Gasteiger charge is -2.31. The number of hydrogen-bond acceptors (Lipinski definition) is 5. The molecule has 3 rings (SSSR count). The van der Waals surface area contributed by atoms with Gasteiger partial charge in [0.15, 0.2) is 0 Å². The summed E-state index contributed by atoms with van der Waals surface area (Å²) < 4.78 is 37.6.